The number of benzene rings is 2. The molecule has 134 valence electrons. The van der Waals surface area contributed by atoms with Gasteiger partial charge in [0.15, 0.2) is 5.78 Å². The van der Waals surface area contributed by atoms with Crippen molar-refractivity contribution in [3.8, 4) is 0 Å². The van der Waals surface area contributed by atoms with Crippen LogP contribution >= 0.6 is 23.5 Å². The largest absolute Gasteiger partial charge is 0.398 e. The summed E-state index contributed by atoms with van der Waals surface area (Å²) in [6.45, 7) is 7.28. The van der Waals surface area contributed by atoms with Crippen molar-refractivity contribution in [1.29, 1.82) is 0 Å². The highest BCUT2D eigenvalue weighted by Crippen LogP contribution is 2.28. The van der Waals surface area contributed by atoms with Crippen molar-refractivity contribution in [2.24, 2.45) is 5.73 Å². The van der Waals surface area contributed by atoms with Gasteiger partial charge in [0.1, 0.15) is 0 Å². The zero-order valence-electron chi connectivity index (χ0n) is 14.8. The van der Waals surface area contributed by atoms with E-state index in [1.807, 2.05) is 37.3 Å². The third-order valence-electron chi connectivity index (χ3n) is 3.78. The number of carbonyl (C=O) groups is 1. The molecule has 0 spiro atoms. The number of rotatable bonds is 7. The highest BCUT2D eigenvalue weighted by atomic mass is 35.5. The summed E-state index contributed by atoms with van der Waals surface area (Å²) in [5, 5.41) is 0.529. The molecule has 2 rings (SSSR count). The lowest BCUT2D eigenvalue weighted by Gasteiger charge is -2.12. The van der Waals surface area contributed by atoms with Crippen molar-refractivity contribution in [2.75, 3.05) is 4.72 Å². The summed E-state index contributed by atoms with van der Waals surface area (Å²) in [5.41, 5.74) is 9.49. The Morgan fingerprint density at radius 3 is 2.54 bits per heavy atom. The molecule has 0 aliphatic rings. The maximum atomic E-state index is 12.5. The highest BCUT2D eigenvalue weighted by molar-refractivity contribution is 8.00. The van der Waals surface area contributed by atoms with E-state index < -0.39 is 0 Å². The van der Waals surface area contributed by atoms with Crippen LogP contribution in [0.25, 0.3) is 5.70 Å². The molecule has 2 aromatic carbocycles. The first kappa shape index (κ1) is 19.9. The zero-order valence-corrected chi connectivity index (χ0v) is 16.3. The number of Topliss-reactive ketones (excluding diaryl/α,β-unsaturated/α-hetero) is 1. The van der Waals surface area contributed by atoms with Crippen LogP contribution in [0, 0.1) is 0 Å². The Bertz CT molecular complexity index is 870. The molecular formula is C21H21ClN2OS. The number of nitrogens with one attached hydrogen (secondary N) is 1. The van der Waals surface area contributed by atoms with Crippen molar-refractivity contribution >= 4 is 40.7 Å². The minimum atomic E-state index is -0.0456. The molecule has 0 fully saturated rings. The number of halogens is 1. The molecule has 0 unspecified atom stereocenters. The third kappa shape index (κ3) is 5.04. The number of carbonyl (C=O) groups excluding carboxylic acids is 1. The lowest BCUT2D eigenvalue weighted by atomic mass is 10.0. The molecule has 0 atom stereocenters. The van der Waals surface area contributed by atoms with Crippen LogP contribution in [0.3, 0.4) is 0 Å². The molecular weight excluding hydrogens is 364 g/mol. The first-order chi connectivity index (χ1) is 12.5. The van der Waals surface area contributed by atoms with E-state index in [1.165, 1.54) is 11.9 Å². The number of allylic oxidation sites excluding steroid dienone is 4. The van der Waals surface area contributed by atoms with Gasteiger partial charge in [-0.3, -0.25) is 4.79 Å². The van der Waals surface area contributed by atoms with Crippen LogP contribution in [-0.2, 0) is 0 Å². The third-order valence-corrected chi connectivity index (χ3v) is 4.85. The summed E-state index contributed by atoms with van der Waals surface area (Å²) in [4.78, 5) is 13.5. The van der Waals surface area contributed by atoms with E-state index in [-0.39, 0.29) is 5.78 Å². The molecule has 0 saturated heterocycles. The fraction of sp³-hybridized carbons (Fsp3) is 0.0952. The van der Waals surface area contributed by atoms with Gasteiger partial charge in [-0.25, -0.2) is 0 Å². The average molecular weight is 385 g/mol. The van der Waals surface area contributed by atoms with Crippen LogP contribution in [0.15, 0.2) is 77.7 Å². The number of nitrogens with two attached hydrogens (primary N) is 1. The topological polar surface area (TPSA) is 55.1 Å². The Kier molecular flexibility index (Phi) is 7.13. The van der Waals surface area contributed by atoms with E-state index in [1.54, 1.807) is 37.3 Å². The van der Waals surface area contributed by atoms with E-state index >= 15 is 0 Å². The molecule has 0 saturated carbocycles. The smallest absolute Gasteiger partial charge is 0.190 e. The molecule has 0 bridgehead atoms. The first-order valence-electron chi connectivity index (χ1n) is 8.05. The van der Waals surface area contributed by atoms with Gasteiger partial charge in [-0.2, -0.15) is 0 Å². The van der Waals surface area contributed by atoms with Crippen molar-refractivity contribution in [1.82, 2.24) is 0 Å². The Hall–Kier alpha value is -2.43. The number of hydrogen-bond donors (Lipinski definition) is 2. The highest BCUT2D eigenvalue weighted by Gasteiger charge is 2.14. The predicted octanol–water partition coefficient (Wildman–Crippen LogP) is 6.09. The van der Waals surface area contributed by atoms with E-state index in [0.29, 0.717) is 21.9 Å². The number of hydrogen-bond acceptors (Lipinski definition) is 4. The van der Waals surface area contributed by atoms with Crippen molar-refractivity contribution in [3.63, 3.8) is 0 Å². The SMILES string of the molecule is C=C/C=C(\N)c1ccc(SNc2ccc(Cl)cc2C(=O)/C(C)=C/C)cc1. The predicted molar refractivity (Wildman–Crippen MR) is 113 cm³/mol. The van der Waals surface area contributed by atoms with Gasteiger partial charge in [-0.15, -0.1) is 0 Å². The molecule has 3 N–H and O–H groups in total. The Balaban J connectivity index is 2.18. The maximum Gasteiger partial charge on any atom is 0.190 e. The van der Waals surface area contributed by atoms with Gasteiger partial charge in [-0.05, 0) is 73.3 Å². The average Bonchev–Trinajstić information content (AvgIpc) is 2.66. The van der Waals surface area contributed by atoms with Gasteiger partial charge < -0.3 is 10.5 Å². The summed E-state index contributed by atoms with van der Waals surface area (Å²) in [6, 6.07) is 13.1. The fourth-order valence-electron chi connectivity index (χ4n) is 2.19. The minimum Gasteiger partial charge on any atom is -0.398 e. The van der Waals surface area contributed by atoms with E-state index in [2.05, 4.69) is 11.3 Å². The van der Waals surface area contributed by atoms with E-state index in [9.17, 15) is 4.79 Å². The van der Waals surface area contributed by atoms with E-state index in [0.717, 1.165) is 16.1 Å². The summed E-state index contributed by atoms with van der Waals surface area (Å²) >= 11 is 7.49. The Morgan fingerprint density at radius 1 is 1.23 bits per heavy atom. The van der Waals surface area contributed by atoms with E-state index in [4.69, 9.17) is 17.3 Å². The zero-order chi connectivity index (χ0) is 19.1. The van der Waals surface area contributed by atoms with Gasteiger partial charge >= 0.3 is 0 Å². The van der Waals surface area contributed by atoms with Crippen molar-refractivity contribution in [2.45, 2.75) is 18.7 Å². The maximum absolute atomic E-state index is 12.5. The monoisotopic (exact) mass is 384 g/mol. The molecule has 0 aromatic heterocycles. The number of anilines is 1. The normalized spacial score (nSPS) is 12.0. The quantitative estimate of drug-likeness (QED) is 0.262. The molecule has 0 radical (unpaired) electrons. The molecule has 26 heavy (non-hydrogen) atoms. The number of ketones is 1. The molecule has 0 heterocycles. The second-order valence-electron chi connectivity index (χ2n) is 5.58. The van der Waals surface area contributed by atoms with Crippen LogP contribution in [-0.4, -0.2) is 5.78 Å². The standard InChI is InChI=1S/C21H21ClN2OS/c1-4-6-19(23)15-7-10-17(11-8-15)26-24-20-12-9-16(22)13-18(20)21(25)14(3)5-2/h4-13,24H,1,23H2,2-3H3/b14-5+,19-6-. The summed E-state index contributed by atoms with van der Waals surface area (Å²) in [5.74, 6) is -0.0456. The van der Waals surface area contributed by atoms with Crippen molar-refractivity contribution in [3.05, 3.63) is 89.0 Å². The van der Waals surface area contributed by atoms with Crippen LogP contribution < -0.4 is 10.5 Å². The molecule has 0 aliphatic carbocycles. The summed E-state index contributed by atoms with van der Waals surface area (Å²) in [6.07, 6.45) is 5.21. The fourth-order valence-corrected chi connectivity index (χ4v) is 3.04. The first-order valence-corrected chi connectivity index (χ1v) is 9.24. The lowest BCUT2D eigenvalue weighted by Crippen LogP contribution is -2.04. The second kappa shape index (κ2) is 9.32. The second-order valence-corrected chi connectivity index (χ2v) is 6.89. The van der Waals surface area contributed by atoms with Gasteiger partial charge in [-0.1, -0.05) is 42.5 Å². The Morgan fingerprint density at radius 2 is 1.92 bits per heavy atom. The molecule has 0 aliphatic heterocycles. The van der Waals surface area contributed by atoms with Gasteiger partial charge in [0, 0.05) is 21.2 Å². The van der Waals surface area contributed by atoms with Gasteiger partial charge in [0.2, 0.25) is 0 Å². The Labute approximate surface area is 163 Å². The lowest BCUT2D eigenvalue weighted by molar-refractivity contribution is 0.103. The van der Waals surface area contributed by atoms with Gasteiger partial charge in [0.25, 0.3) is 0 Å². The molecule has 2 aromatic rings. The van der Waals surface area contributed by atoms with Crippen molar-refractivity contribution < 1.29 is 4.79 Å². The van der Waals surface area contributed by atoms with Crippen LogP contribution in [0.1, 0.15) is 29.8 Å². The summed E-state index contributed by atoms with van der Waals surface area (Å²) in [7, 11) is 0. The summed E-state index contributed by atoms with van der Waals surface area (Å²) < 4.78 is 3.24. The van der Waals surface area contributed by atoms with Crippen LogP contribution in [0.2, 0.25) is 5.02 Å². The minimum absolute atomic E-state index is 0.0456. The van der Waals surface area contributed by atoms with Crippen LogP contribution in [0.4, 0.5) is 5.69 Å². The van der Waals surface area contributed by atoms with Gasteiger partial charge in [0.05, 0.1) is 5.69 Å². The molecule has 3 nitrogen and oxygen atoms in total. The molecule has 0 amide bonds. The van der Waals surface area contributed by atoms with Crippen LogP contribution in [0.5, 0.6) is 0 Å². The molecule has 5 heteroatoms.